The van der Waals surface area contributed by atoms with E-state index in [2.05, 4.69) is 177 Å². The van der Waals surface area contributed by atoms with E-state index in [-0.39, 0.29) is 0 Å². The van der Waals surface area contributed by atoms with Crippen molar-refractivity contribution in [3.05, 3.63) is 163 Å². The number of hydrogen-bond donors (Lipinski definition) is 0. The first kappa shape index (κ1) is 25.7. The molecule has 0 fully saturated rings. The van der Waals surface area contributed by atoms with E-state index < -0.39 is 0 Å². The van der Waals surface area contributed by atoms with Crippen molar-refractivity contribution in [3.63, 3.8) is 0 Å². The standard InChI is InChI=1S/C43H26N4/c44-27-35-40(46-37-20-9-4-15-29(37)30-16-5-10-21-38(30)46)23-12-24-41(35)47-39-22-11-7-18-32(39)34-25-33-31-17-6-8-19-36(31)45(42(33)26-43(34)47)28-13-2-1-3-14-28/h1-26H. The summed E-state index contributed by atoms with van der Waals surface area (Å²) < 4.78 is 6.88. The molecule has 0 saturated heterocycles. The molecule has 3 heterocycles. The van der Waals surface area contributed by atoms with Crippen LogP contribution in [-0.4, -0.2) is 13.7 Å². The van der Waals surface area contributed by atoms with Gasteiger partial charge in [-0.25, -0.2) is 0 Å². The second kappa shape index (κ2) is 9.71. The molecule has 0 amide bonds. The Morgan fingerprint density at radius 2 is 0.745 bits per heavy atom. The van der Waals surface area contributed by atoms with E-state index in [1.807, 2.05) is 0 Å². The van der Waals surface area contributed by atoms with E-state index in [1.54, 1.807) is 0 Å². The van der Waals surface area contributed by atoms with E-state index in [0.29, 0.717) is 5.56 Å². The van der Waals surface area contributed by atoms with Gasteiger partial charge in [-0.05, 0) is 60.7 Å². The summed E-state index contributed by atoms with van der Waals surface area (Å²) in [4.78, 5) is 0. The summed E-state index contributed by atoms with van der Waals surface area (Å²) in [7, 11) is 0. The molecule has 10 aromatic rings. The van der Waals surface area contributed by atoms with Crippen molar-refractivity contribution < 1.29 is 0 Å². The molecule has 10 rings (SSSR count). The van der Waals surface area contributed by atoms with Crippen molar-refractivity contribution in [2.24, 2.45) is 0 Å². The molecule has 4 nitrogen and oxygen atoms in total. The molecule has 7 aromatic carbocycles. The summed E-state index contributed by atoms with van der Waals surface area (Å²) in [5.74, 6) is 0. The summed E-state index contributed by atoms with van der Waals surface area (Å²) in [5.41, 5.74) is 10.1. The molecule has 0 aliphatic heterocycles. The van der Waals surface area contributed by atoms with E-state index in [0.717, 1.165) is 55.4 Å². The van der Waals surface area contributed by atoms with Gasteiger partial charge in [0.2, 0.25) is 0 Å². The first-order valence-corrected chi connectivity index (χ1v) is 15.9. The van der Waals surface area contributed by atoms with E-state index in [1.165, 1.54) is 27.1 Å². The fourth-order valence-electron chi connectivity index (χ4n) is 7.74. The molecule has 218 valence electrons. The van der Waals surface area contributed by atoms with Gasteiger partial charge < -0.3 is 13.7 Å². The average molecular weight is 599 g/mol. The number of fused-ring (bicyclic) bond motifs is 9. The van der Waals surface area contributed by atoms with Crippen LogP contribution >= 0.6 is 0 Å². The van der Waals surface area contributed by atoms with Gasteiger partial charge in [0.1, 0.15) is 11.6 Å². The Balaban J connectivity index is 1.34. The van der Waals surface area contributed by atoms with Gasteiger partial charge in [0.15, 0.2) is 0 Å². The smallest absolute Gasteiger partial charge is 0.104 e. The van der Waals surface area contributed by atoms with Crippen molar-refractivity contribution in [2.45, 2.75) is 0 Å². The van der Waals surface area contributed by atoms with Gasteiger partial charge in [-0.1, -0.05) is 97.1 Å². The van der Waals surface area contributed by atoms with Gasteiger partial charge in [-0.2, -0.15) is 5.26 Å². The number of para-hydroxylation sites is 5. The fourth-order valence-corrected chi connectivity index (χ4v) is 7.74. The molecule has 0 atom stereocenters. The molecule has 0 bridgehead atoms. The lowest BCUT2D eigenvalue weighted by atomic mass is 10.1. The van der Waals surface area contributed by atoms with E-state index in [9.17, 15) is 5.26 Å². The maximum Gasteiger partial charge on any atom is 0.104 e. The Morgan fingerprint density at radius 1 is 0.340 bits per heavy atom. The van der Waals surface area contributed by atoms with Crippen LogP contribution in [-0.2, 0) is 0 Å². The number of benzene rings is 7. The van der Waals surface area contributed by atoms with Crippen LogP contribution in [0.2, 0.25) is 0 Å². The van der Waals surface area contributed by atoms with Crippen molar-refractivity contribution in [2.75, 3.05) is 0 Å². The Morgan fingerprint density at radius 3 is 1.26 bits per heavy atom. The highest BCUT2D eigenvalue weighted by Gasteiger charge is 2.22. The molecule has 0 saturated carbocycles. The first-order chi connectivity index (χ1) is 23.3. The fraction of sp³-hybridized carbons (Fsp3) is 0. The third kappa shape index (κ3) is 3.51. The highest BCUT2D eigenvalue weighted by atomic mass is 15.0. The lowest BCUT2D eigenvalue weighted by Gasteiger charge is -2.16. The van der Waals surface area contributed by atoms with Gasteiger partial charge in [0, 0.05) is 38.0 Å². The van der Waals surface area contributed by atoms with Crippen LogP contribution in [0, 0.1) is 11.3 Å². The molecule has 0 radical (unpaired) electrons. The zero-order valence-electron chi connectivity index (χ0n) is 25.3. The van der Waals surface area contributed by atoms with Crippen molar-refractivity contribution in [1.82, 2.24) is 13.7 Å². The Kier molecular flexibility index (Phi) is 5.32. The monoisotopic (exact) mass is 598 g/mol. The molecule has 0 spiro atoms. The molecule has 4 heteroatoms. The Hall–Kier alpha value is -6.57. The first-order valence-electron chi connectivity index (χ1n) is 15.9. The van der Waals surface area contributed by atoms with Crippen LogP contribution in [0.3, 0.4) is 0 Å². The zero-order valence-corrected chi connectivity index (χ0v) is 25.3. The molecule has 0 unspecified atom stereocenters. The number of hydrogen-bond acceptors (Lipinski definition) is 1. The van der Waals surface area contributed by atoms with Crippen LogP contribution in [0.4, 0.5) is 0 Å². The number of rotatable bonds is 3. The largest absolute Gasteiger partial charge is 0.309 e. The molecular formula is C43H26N4. The van der Waals surface area contributed by atoms with Crippen molar-refractivity contribution in [3.8, 4) is 23.1 Å². The van der Waals surface area contributed by atoms with Gasteiger partial charge in [0.05, 0.1) is 44.5 Å². The van der Waals surface area contributed by atoms with E-state index >= 15 is 0 Å². The minimum absolute atomic E-state index is 0.630. The second-order valence-electron chi connectivity index (χ2n) is 12.1. The van der Waals surface area contributed by atoms with Crippen molar-refractivity contribution in [1.29, 1.82) is 5.26 Å². The van der Waals surface area contributed by atoms with Gasteiger partial charge in [-0.15, -0.1) is 0 Å². The SMILES string of the molecule is N#Cc1c(-n2c3ccccc3c3ccccc32)cccc1-n1c2ccccc2c2cc3c4ccccc4n(-c4ccccc4)c3cc21. The lowest BCUT2D eigenvalue weighted by molar-refractivity contribution is 1.12. The van der Waals surface area contributed by atoms with Crippen LogP contribution in [0.25, 0.3) is 82.5 Å². The minimum atomic E-state index is 0.630. The molecule has 0 aliphatic carbocycles. The Bertz CT molecular complexity index is 2860. The van der Waals surface area contributed by atoms with Crippen LogP contribution in [0.1, 0.15) is 5.56 Å². The third-order valence-electron chi connectivity index (χ3n) is 9.67. The summed E-state index contributed by atoms with van der Waals surface area (Å²) >= 11 is 0. The predicted octanol–water partition coefficient (Wildman–Crippen LogP) is 10.8. The predicted molar refractivity (Wildman–Crippen MR) is 194 cm³/mol. The highest BCUT2D eigenvalue weighted by molar-refractivity contribution is 6.19. The third-order valence-corrected chi connectivity index (χ3v) is 9.67. The number of aromatic nitrogens is 3. The quantitative estimate of drug-likeness (QED) is 0.199. The van der Waals surface area contributed by atoms with Gasteiger partial charge >= 0.3 is 0 Å². The minimum Gasteiger partial charge on any atom is -0.309 e. The summed E-state index contributed by atoms with van der Waals surface area (Å²) in [6.45, 7) is 0. The molecule has 47 heavy (non-hydrogen) atoms. The number of nitrogens with zero attached hydrogens (tertiary/aromatic N) is 4. The Labute approximate surface area is 270 Å². The molecular weight excluding hydrogens is 573 g/mol. The van der Waals surface area contributed by atoms with Crippen LogP contribution in [0.5, 0.6) is 0 Å². The number of nitriles is 1. The maximum atomic E-state index is 11.0. The lowest BCUT2D eigenvalue weighted by Crippen LogP contribution is -2.04. The maximum absolute atomic E-state index is 11.0. The highest BCUT2D eigenvalue weighted by Crippen LogP contribution is 2.41. The summed E-state index contributed by atoms with van der Waals surface area (Å²) in [6, 6.07) is 58.2. The normalized spacial score (nSPS) is 11.8. The van der Waals surface area contributed by atoms with E-state index in [4.69, 9.17) is 0 Å². The topological polar surface area (TPSA) is 38.6 Å². The van der Waals surface area contributed by atoms with Gasteiger partial charge in [-0.3, -0.25) is 0 Å². The summed E-state index contributed by atoms with van der Waals surface area (Å²) in [5, 5.41) is 18.1. The average Bonchev–Trinajstić information content (AvgIpc) is 3.76. The van der Waals surface area contributed by atoms with Crippen LogP contribution < -0.4 is 0 Å². The molecule has 0 aliphatic rings. The van der Waals surface area contributed by atoms with Crippen LogP contribution in [0.15, 0.2) is 158 Å². The molecule has 3 aromatic heterocycles. The summed E-state index contributed by atoms with van der Waals surface area (Å²) in [6.07, 6.45) is 0. The van der Waals surface area contributed by atoms with Crippen molar-refractivity contribution >= 4 is 65.4 Å². The second-order valence-corrected chi connectivity index (χ2v) is 12.1. The van der Waals surface area contributed by atoms with Gasteiger partial charge in [0.25, 0.3) is 0 Å². The molecule has 0 N–H and O–H groups in total. The zero-order chi connectivity index (χ0) is 31.1.